The number of sulfonamides is 1. The van der Waals surface area contributed by atoms with E-state index in [0.717, 1.165) is 19.4 Å². The third kappa shape index (κ3) is 3.50. The van der Waals surface area contributed by atoms with Crippen molar-refractivity contribution < 1.29 is 13.2 Å². The SMILES string of the molecule is CCOc1ccc(S(=O)(=O)N(C)CC2CCCN2)cc1. The summed E-state index contributed by atoms with van der Waals surface area (Å²) in [7, 11) is -1.79. The van der Waals surface area contributed by atoms with Gasteiger partial charge in [-0.2, -0.15) is 4.31 Å². The van der Waals surface area contributed by atoms with Gasteiger partial charge in [-0.05, 0) is 50.6 Å². The first-order chi connectivity index (χ1) is 9.54. The minimum Gasteiger partial charge on any atom is -0.494 e. The van der Waals surface area contributed by atoms with Gasteiger partial charge in [-0.1, -0.05) is 0 Å². The number of benzene rings is 1. The highest BCUT2D eigenvalue weighted by Crippen LogP contribution is 2.19. The summed E-state index contributed by atoms with van der Waals surface area (Å²) >= 11 is 0. The van der Waals surface area contributed by atoms with Gasteiger partial charge in [0, 0.05) is 19.6 Å². The van der Waals surface area contributed by atoms with E-state index in [1.807, 2.05) is 6.92 Å². The summed E-state index contributed by atoms with van der Waals surface area (Å²) in [6.45, 7) is 3.95. The average Bonchev–Trinajstić information content (AvgIpc) is 2.92. The summed E-state index contributed by atoms with van der Waals surface area (Å²) in [5.41, 5.74) is 0. The van der Waals surface area contributed by atoms with E-state index in [4.69, 9.17) is 4.74 Å². The van der Waals surface area contributed by atoms with Gasteiger partial charge in [-0.3, -0.25) is 0 Å². The van der Waals surface area contributed by atoms with Crippen LogP contribution in [0.15, 0.2) is 29.2 Å². The molecule has 1 aromatic carbocycles. The first-order valence-electron chi connectivity index (χ1n) is 6.96. The van der Waals surface area contributed by atoms with Crippen LogP contribution in [0.25, 0.3) is 0 Å². The molecule has 1 saturated heterocycles. The molecule has 0 aliphatic carbocycles. The number of hydrogen-bond donors (Lipinski definition) is 1. The second-order valence-corrected chi connectivity index (χ2v) is 7.03. The first kappa shape index (κ1) is 15.3. The lowest BCUT2D eigenvalue weighted by atomic mass is 10.2. The minimum atomic E-state index is -3.42. The molecule has 1 aromatic rings. The normalized spacial score (nSPS) is 19.4. The van der Waals surface area contributed by atoms with Crippen molar-refractivity contribution in [2.45, 2.75) is 30.7 Å². The molecule has 0 saturated carbocycles. The number of nitrogens with one attached hydrogen (secondary N) is 1. The Morgan fingerprint density at radius 2 is 2.05 bits per heavy atom. The van der Waals surface area contributed by atoms with Crippen LogP contribution in [0.1, 0.15) is 19.8 Å². The fourth-order valence-electron chi connectivity index (χ4n) is 2.38. The lowest BCUT2D eigenvalue weighted by Gasteiger charge is -2.21. The van der Waals surface area contributed by atoms with Crippen molar-refractivity contribution in [2.75, 3.05) is 26.7 Å². The summed E-state index contributed by atoms with van der Waals surface area (Å²) in [6, 6.07) is 6.84. The molecule has 112 valence electrons. The average molecular weight is 298 g/mol. The number of hydrogen-bond acceptors (Lipinski definition) is 4. The lowest BCUT2D eigenvalue weighted by molar-refractivity contribution is 0.340. The topological polar surface area (TPSA) is 58.6 Å². The van der Waals surface area contributed by atoms with E-state index in [1.165, 1.54) is 4.31 Å². The molecule has 20 heavy (non-hydrogen) atoms. The zero-order chi connectivity index (χ0) is 14.6. The molecule has 1 aliphatic heterocycles. The van der Waals surface area contributed by atoms with E-state index in [0.29, 0.717) is 23.8 Å². The molecule has 1 heterocycles. The maximum Gasteiger partial charge on any atom is 0.242 e. The van der Waals surface area contributed by atoms with E-state index in [9.17, 15) is 8.42 Å². The van der Waals surface area contributed by atoms with Gasteiger partial charge in [-0.25, -0.2) is 8.42 Å². The Morgan fingerprint density at radius 1 is 1.35 bits per heavy atom. The zero-order valence-electron chi connectivity index (χ0n) is 12.0. The maximum atomic E-state index is 12.4. The summed E-state index contributed by atoms with van der Waals surface area (Å²) < 4.78 is 31.6. The largest absolute Gasteiger partial charge is 0.494 e. The fourth-order valence-corrected chi connectivity index (χ4v) is 3.59. The molecular formula is C14H22N2O3S. The van der Waals surface area contributed by atoms with E-state index >= 15 is 0 Å². The standard InChI is InChI=1S/C14H22N2O3S/c1-3-19-13-6-8-14(9-7-13)20(17,18)16(2)11-12-5-4-10-15-12/h6-9,12,15H,3-5,10-11H2,1-2H3. The van der Waals surface area contributed by atoms with Gasteiger partial charge in [0.15, 0.2) is 0 Å². The van der Waals surface area contributed by atoms with E-state index in [2.05, 4.69) is 5.32 Å². The molecule has 5 nitrogen and oxygen atoms in total. The molecule has 1 unspecified atom stereocenters. The van der Waals surface area contributed by atoms with Crippen LogP contribution >= 0.6 is 0 Å². The fraction of sp³-hybridized carbons (Fsp3) is 0.571. The number of nitrogens with zero attached hydrogens (tertiary/aromatic N) is 1. The molecule has 0 spiro atoms. The van der Waals surface area contributed by atoms with Gasteiger partial charge < -0.3 is 10.1 Å². The summed E-state index contributed by atoms with van der Waals surface area (Å²) in [4.78, 5) is 0.307. The molecule has 1 N–H and O–H groups in total. The van der Waals surface area contributed by atoms with Crippen molar-refractivity contribution in [3.05, 3.63) is 24.3 Å². The molecule has 0 radical (unpaired) electrons. The van der Waals surface area contributed by atoms with Crippen LogP contribution in [0.5, 0.6) is 5.75 Å². The predicted octanol–water partition coefficient (Wildman–Crippen LogP) is 1.46. The predicted molar refractivity (Wildman–Crippen MR) is 78.5 cm³/mol. The van der Waals surface area contributed by atoms with Crippen LogP contribution < -0.4 is 10.1 Å². The van der Waals surface area contributed by atoms with Crippen LogP contribution in [-0.4, -0.2) is 45.5 Å². The Labute approximate surface area is 121 Å². The summed E-state index contributed by atoms with van der Waals surface area (Å²) in [6.07, 6.45) is 2.14. The monoisotopic (exact) mass is 298 g/mol. The quantitative estimate of drug-likeness (QED) is 0.864. The Bertz CT molecular complexity index is 522. The van der Waals surface area contributed by atoms with Gasteiger partial charge in [-0.15, -0.1) is 0 Å². The van der Waals surface area contributed by atoms with Crippen LogP contribution in [0.2, 0.25) is 0 Å². The van der Waals surface area contributed by atoms with Gasteiger partial charge in [0.1, 0.15) is 5.75 Å². The second kappa shape index (κ2) is 6.56. The molecule has 0 aromatic heterocycles. The van der Waals surface area contributed by atoms with Crippen molar-refractivity contribution in [1.29, 1.82) is 0 Å². The highest BCUT2D eigenvalue weighted by Gasteiger charge is 2.25. The van der Waals surface area contributed by atoms with Crippen LogP contribution in [0.3, 0.4) is 0 Å². The molecular weight excluding hydrogens is 276 g/mol. The van der Waals surface area contributed by atoms with Crippen molar-refractivity contribution in [3.8, 4) is 5.75 Å². The number of ether oxygens (including phenoxy) is 1. The highest BCUT2D eigenvalue weighted by molar-refractivity contribution is 7.89. The molecule has 6 heteroatoms. The Morgan fingerprint density at radius 3 is 2.60 bits per heavy atom. The van der Waals surface area contributed by atoms with Crippen molar-refractivity contribution in [2.24, 2.45) is 0 Å². The Hall–Kier alpha value is -1.11. The molecule has 0 bridgehead atoms. The van der Waals surface area contributed by atoms with Crippen LogP contribution in [0, 0.1) is 0 Å². The molecule has 1 aliphatic rings. The van der Waals surface area contributed by atoms with E-state index < -0.39 is 10.0 Å². The van der Waals surface area contributed by atoms with Crippen molar-refractivity contribution in [3.63, 3.8) is 0 Å². The molecule has 0 amide bonds. The van der Waals surface area contributed by atoms with E-state index in [1.54, 1.807) is 31.3 Å². The number of likely N-dealkylation sites (N-methyl/N-ethyl adjacent to an activating group) is 1. The number of rotatable bonds is 6. The Kier molecular flexibility index (Phi) is 5.01. The molecule has 2 rings (SSSR count). The van der Waals surface area contributed by atoms with Gasteiger partial charge in [0.25, 0.3) is 0 Å². The Balaban J connectivity index is 2.07. The second-order valence-electron chi connectivity index (χ2n) is 4.98. The third-order valence-corrected chi connectivity index (χ3v) is 5.32. The van der Waals surface area contributed by atoms with Crippen LogP contribution in [-0.2, 0) is 10.0 Å². The van der Waals surface area contributed by atoms with Crippen molar-refractivity contribution in [1.82, 2.24) is 9.62 Å². The molecule has 1 fully saturated rings. The van der Waals surface area contributed by atoms with Gasteiger partial charge >= 0.3 is 0 Å². The maximum absolute atomic E-state index is 12.4. The first-order valence-corrected chi connectivity index (χ1v) is 8.40. The summed E-state index contributed by atoms with van der Waals surface area (Å²) in [5, 5.41) is 3.31. The van der Waals surface area contributed by atoms with Crippen molar-refractivity contribution >= 4 is 10.0 Å². The van der Waals surface area contributed by atoms with Gasteiger partial charge in [0.2, 0.25) is 10.0 Å². The molecule has 1 atom stereocenters. The third-order valence-electron chi connectivity index (χ3n) is 3.48. The van der Waals surface area contributed by atoms with E-state index in [-0.39, 0.29) is 6.04 Å². The lowest BCUT2D eigenvalue weighted by Crippen LogP contribution is -2.38. The minimum absolute atomic E-state index is 0.262. The smallest absolute Gasteiger partial charge is 0.242 e. The van der Waals surface area contributed by atoms with Crippen LogP contribution in [0.4, 0.5) is 0 Å². The zero-order valence-corrected chi connectivity index (χ0v) is 12.8. The highest BCUT2D eigenvalue weighted by atomic mass is 32.2. The summed E-state index contributed by atoms with van der Waals surface area (Å²) in [5.74, 6) is 0.687. The van der Waals surface area contributed by atoms with Gasteiger partial charge in [0.05, 0.1) is 11.5 Å².